The molecule has 7 nitrogen and oxygen atoms in total. The van der Waals surface area contributed by atoms with E-state index in [0.29, 0.717) is 10.6 Å². The number of benzene rings is 1. The van der Waals surface area contributed by atoms with Gasteiger partial charge >= 0.3 is 12.2 Å². The normalized spacial score (nSPS) is 13.9. The second-order valence-corrected chi connectivity index (χ2v) is 6.56. The van der Waals surface area contributed by atoms with Gasteiger partial charge in [-0.3, -0.25) is 5.32 Å². The fourth-order valence-corrected chi connectivity index (χ4v) is 2.75. The molecule has 11 heteroatoms. The highest BCUT2D eigenvalue weighted by Crippen LogP contribution is 2.29. The van der Waals surface area contributed by atoms with Gasteiger partial charge in [-0.25, -0.2) is 4.79 Å². The molecule has 2 amide bonds. The fraction of sp³-hybridized carbons (Fsp3) is 0.400. The maximum absolute atomic E-state index is 12.5. The number of carbonyl (C=O) groups is 1. The van der Waals surface area contributed by atoms with Gasteiger partial charge in [-0.05, 0) is 24.6 Å². The zero-order valence-corrected chi connectivity index (χ0v) is 14.4. The Morgan fingerprint density at radius 2 is 1.92 bits per heavy atom. The standard InChI is InChI=1S/C15H17F3N4O3S/c1-8(24)11(7-23)19-13(25)20-14-22-21-12(26-14)6-9-2-4-10(5-3-9)15(16,17)18/h2-5,8,11,23-24H,6-7H2,1H3,(H2,19,20,22,25)/t8-,11-/m1/s1. The third-order valence-electron chi connectivity index (χ3n) is 3.42. The summed E-state index contributed by atoms with van der Waals surface area (Å²) in [5.74, 6) is 0. The van der Waals surface area contributed by atoms with Gasteiger partial charge in [0.15, 0.2) is 0 Å². The number of aliphatic hydroxyl groups excluding tert-OH is 2. The molecule has 1 aromatic heterocycles. The molecule has 0 saturated heterocycles. The summed E-state index contributed by atoms with van der Waals surface area (Å²) in [6.45, 7) is 0.995. The zero-order chi connectivity index (χ0) is 19.3. The van der Waals surface area contributed by atoms with E-state index < -0.39 is 36.5 Å². The molecule has 0 spiro atoms. The Morgan fingerprint density at radius 1 is 1.27 bits per heavy atom. The molecular weight excluding hydrogens is 373 g/mol. The van der Waals surface area contributed by atoms with Gasteiger partial charge in [0.2, 0.25) is 5.13 Å². The van der Waals surface area contributed by atoms with Crippen molar-refractivity contribution in [3.05, 3.63) is 40.4 Å². The molecule has 2 aromatic rings. The third kappa shape index (κ3) is 5.64. The van der Waals surface area contributed by atoms with E-state index in [9.17, 15) is 23.1 Å². The highest BCUT2D eigenvalue weighted by atomic mass is 32.1. The highest BCUT2D eigenvalue weighted by molar-refractivity contribution is 7.15. The van der Waals surface area contributed by atoms with Gasteiger partial charge in [-0.1, -0.05) is 23.5 Å². The van der Waals surface area contributed by atoms with E-state index in [1.807, 2.05) is 0 Å². The van der Waals surface area contributed by atoms with Crippen LogP contribution in [0.2, 0.25) is 0 Å². The van der Waals surface area contributed by atoms with Gasteiger partial charge in [0.05, 0.1) is 24.3 Å². The van der Waals surface area contributed by atoms with Crippen molar-refractivity contribution >= 4 is 22.5 Å². The summed E-state index contributed by atoms with van der Waals surface area (Å²) in [4.78, 5) is 11.8. The number of aliphatic hydroxyl groups is 2. The van der Waals surface area contributed by atoms with Gasteiger partial charge in [-0.15, -0.1) is 10.2 Å². The molecule has 0 radical (unpaired) electrons. The third-order valence-corrected chi connectivity index (χ3v) is 4.26. The Labute approximate surface area is 150 Å². The minimum absolute atomic E-state index is 0.187. The number of aromatic nitrogens is 2. The molecule has 4 N–H and O–H groups in total. The first-order chi connectivity index (χ1) is 12.2. The van der Waals surface area contributed by atoms with Crippen LogP contribution < -0.4 is 10.6 Å². The second kappa shape index (κ2) is 8.43. The number of halogens is 3. The van der Waals surface area contributed by atoms with E-state index in [0.717, 1.165) is 23.5 Å². The SMILES string of the molecule is C[C@@H](O)[C@@H](CO)NC(=O)Nc1nnc(Cc2ccc(C(F)(F)F)cc2)s1. The van der Waals surface area contributed by atoms with Crippen LogP contribution in [0.3, 0.4) is 0 Å². The summed E-state index contributed by atoms with van der Waals surface area (Å²) in [5.41, 5.74) is -0.103. The van der Waals surface area contributed by atoms with Gasteiger partial charge in [-0.2, -0.15) is 13.2 Å². The lowest BCUT2D eigenvalue weighted by molar-refractivity contribution is -0.137. The fourth-order valence-electron chi connectivity index (χ4n) is 1.98. The Morgan fingerprint density at radius 3 is 2.46 bits per heavy atom. The minimum atomic E-state index is -4.38. The van der Waals surface area contributed by atoms with E-state index in [1.165, 1.54) is 19.1 Å². The molecule has 142 valence electrons. The average Bonchev–Trinajstić information content (AvgIpc) is 2.98. The van der Waals surface area contributed by atoms with Crippen molar-refractivity contribution in [3.8, 4) is 0 Å². The lowest BCUT2D eigenvalue weighted by atomic mass is 10.1. The molecular formula is C15H17F3N4O3S. The van der Waals surface area contributed by atoms with Crippen LogP contribution in [-0.4, -0.2) is 45.2 Å². The Balaban J connectivity index is 1.94. The Hall–Kier alpha value is -2.24. The maximum atomic E-state index is 12.5. The number of anilines is 1. The number of alkyl halides is 3. The van der Waals surface area contributed by atoms with Crippen LogP contribution in [0.5, 0.6) is 0 Å². The molecule has 0 aliphatic heterocycles. The monoisotopic (exact) mass is 390 g/mol. The zero-order valence-electron chi connectivity index (χ0n) is 13.6. The van der Waals surface area contributed by atoms with Gasteiger partial charge in [0.1, 0.15) is 5.01 Å². The first kappa shape index (κ1) is 20.1. The van der Waals surface area contributed by atoms with Crippen molar-refractivity contribution in [2.45, 2.75) is 31.7 Å². The molecule has 2 atom stereocenters. The number of amides is 2. The van der Waals surface area contributed by atoms with Crippen molar-refractivity contribution in [2.75, 3.05) is 11.9 Å². The van der Waals surface area contributed by atoms with Crippen LogP contribution in [0.25, 0.3) is 0 Å². The maximum Gasteiger partial charge on any atom is 0.416 e. The largest absolute Gasteiger partial charge is 0.416 e. The number of carbonyl (C=O) groups excluding carboxylic acids is 1. The molecule has 0 unspecified atom stereocenters. The average molecular weight is 390 g/mol. The molecule has 0 aliphatic rings. The van der Waals surface area contributed by atoms with E-state index in [-0.39, 0.29) is 11.6 Å². The molecule has 0 fully saturated rings. The van der Waals surface area contributed by atoms with Crippen LogP contribution in [0.1, 0.15) is 23.1 Å². The van der Waals surface area contributed by atoms with Crippen LogP contribution in [0.15, 0.2) is 24.3 Å². The van der Waals surface area contributed by atoms with Crippen LogP contribution in [-0.2, 0) is 12.6 Å². The lowest BCUT2D eigenvalue weighted by Crippen LogP contribution is -2.46. The van der Waals surface area contributed by atoms with Crippen molar-refractivity contribution in [3.63, 3.8) is 0 Å². The summed E-state index contributed by atoms with van der Waals surface area (Å²) < 4.78 is 37.6. The number of hydrogen-bond donors (Lipinski definition) is 4. The highest BCUT2D eigenvalue weighted by Gasteiger charge is 2.29. The number of hydrogen-bond acceptors (Lipinski definition) is 6. The van der Waals surface area contributed by atoms with E-state index in [4.69, 9.17) is 5.11 Å². The van der Waals surface area contributed by atoms with Crippen LogP contribution >= 0.6 is 11.3 Å². The van der Waals surface area contributed by atoms with Crippen molar-refractivity contribution in [2.24, 2.45) is 0 Å². The summed E-state index contributed by atoms with van der Waals surface area (Å²) in [6, 6.07) is 3.22. The molecule has 1 heterocycles. The van der Waals surface area contributed by atoms with Crippen LogP contribution in [0.4, 0.5) is 23.1 Å². The Bertz CT molecular complexity index is 734. The first-order valence-corrected chi connectivity index (χ1v) is 8.35. The number of urea groups is 1. The van der Waals surface area contributed by atoms with Crippen molar-refractivity contribution in [1.82, 2.24) is 15.5 Å². The molecule has 26 heavy (non-hydrogen) atoms. The number of nitrogens with one attached hydrogen (secondary N) is 2. The van der Waals surface area contributed by atoms with Crippen molar-refractivity contribution in [1.29, 1.82) is 0 Å². The van der Waals surface area contributed by atoms with Gasteiger partial charge in [0.25, 0.3) is 0 Å². The molecule has 1 aromatic carbocycles. The molecule has 2 rings (SSSR count). The summed E-state index contributed by atoms with van der Waals surface area (Å²) in [7, 11) is 0. The van der Waals surface area contributed by atoms with E-state index in [1.54, 1.807) is 0 Å². The lowest BCUT2D eigenvalue weighted by Gasteiger charge is -2.18. The Kier molecular flexibility index (Phi) is 6.51. The van der Waals surface area contributed by atoms with Crippen LogP contribution in [0, 0.1) is 0 Å². The molecule has 0 aliphatic carbocycles. The molecule has 0 bridgehead atoms. The van der Waals surface area contributed by atoms with E-state index >= 15 is 0 Å². The summed E-state index contributed by atoms with van der Waals surface area (Å²) in [5, 5.41) is 31.6. The topological polar surface area (TPSA) is 107 Å². The quantitative estimate of drug-likeness (QED) is 0.604. The smallest absolute Gasteiger partial charge is 0.394 e. The minimum Gasteiger partial charge on any atom is -0.394 e. The van der Waals surface area contributed by atoms with E-state index in [2.05, 4.69) is 20.8 Å². The second-order valence-electron chi connectivity index (χ2n) is 5.50. The van der Waals surface area contributed by atoms with Gasteiger partial charge < -0.3 is 15.5 Å². The predicted molar refractivity (Wildman–Crippen MR) is 88.9 cm³/mol. The van der Waals surface area contributed by atoms with Gasteiger partial charge in [0, 0.05) is 6.42 Å². The van der Waals surface area contributed by atoms with Crippen molar-refractivity contribution < 1.29 is 28.2 Å². The number of rotatable bonds is 6. The first-order valence-electron chi connectivity index (χ1n) is 7.54. The summed E-state index contributed by atoms with van der Waals surface area (Å²) in [6.07, 6.45) is -5.05. The summed E-state index contributed by atoms with van der Waals surface area (Å²) >= 11 is 1.07. The predicted octanol–water partition coefficient (Wildman–Crippen LogP) is 2.01. The number of nitrogens with zero attached hydrogens (tertiary/aromatic N) is 2. The molecule has 0 saturated carbocycles.